The van der Waals surface area contributed by atoms with Crippen LogP contribution in [0.5, 0.6) is 0 Å². The Bertz CT molecular complexity index is 904. The molecule has 0 N–H and O–H groups in total. The van der Waals surface area contributed by atoms with Gasteiger partial charge in [0.2, 0.25) is 0 Å². The maximum Gasteiger partial charge on any atom is 0.192 e. The van der Waals surface area contributed by atoms with E-state index in [1.807, 2.05) is 4.57 Å². The van der Waals surface area contributed by atoms with Gasteiger partial charge >= 0.3 is 0 Å². The Morgan fingerprint density at radius 1 is 1.04 bits per heavy atom. The number of aromatic nitrogens is 3. The Balaban J connectivity index is 1.66. The average Bonchev–Trinajstić information content (AvgIpc) is 3.35. The van der Waals surface area contributed by atoms with Crippen LogP contribution in [0.1, 0.15) is 24.4 Å². The molecule has 2 aromatic carbocycles. The van der Waals surface area contributed by atoms with E-state index in [4.69, 9.17) is 11.6 Å². The highest BCUT2D eigenvalue weighted by atomic mass is 35.5. The van der Waals surface area contributed by atoms with Crippen molar-refractivity contribution >= 4 is 23.4 Å². The maximum absolute atomic E-state index is 14.2. The normalized spacial score (nSPS) is 14.0. The van der Waals surface area contributed by atoms with Crippen molar-refractivity contribution in [3.63, 3.8) is 0 Å². The van der Waals surface area contributed by atoms with Crippen LogP contribution in [-0.4, -0.2) is 14.8 Å². The monoisotopic (exact) mass is 377 g/mol. The molecule has 4 rings (SSSR count). The second-order valence-corrected chi connectivity index (χ2v) is 7.23. The van der Waals surface area contributed by atoms with Crippen LogP contribution in [0.3, 0.4) is 0 Å². The average molecular weight is 378 g/mol. The van der Waals surface area contributed by atoms with Crippen molar-refractivity contribution in [3.8, 4) is 11.4 Å². The van der Waals surface area contributed by atoms with Crippen molar-refractivity contribution in [2.24, 2.45) is 0 Å². The molecule has 3 nitrogen and oxygen atoms in total. The summed E-state index contributed by atoms with van der Waals surface area (Å²) in [7, 11) is 0. The molecule has 0 unspecified atom stereocenters. The summed E-state index contributed by atoms with van der Waals surface area (Å²) in [6, 6.07) is 11.4. The van der Waals surface area contributed by atoms with E-state index in [-0.39, 0.29) is 17.7 Å². The van der Waals surface area contributed by atoms with Crippen LogP contribution in [0, 0.1) is 11.6 Å². The summed E-state index contributed by atoms with van der Waals surface area (Å²) in [6.45, 7) is 0. The van der Waals surface area contributed by atoms with Gasteiger partial charge < -0.3 is 0 Å². The number of halogens is 3. The van der Waals surface area contributed by atoms with Gasteiger partial charge in [0.1, 0.15) is 11.6 Å². The van der Waals surface area contributed by atoms with Crippen molar-refractivity contribution in [2.45, 2.75) is 29.8 Å². The van der Waals surface area contributed by atoms with Crippen molar-refractivity contribution in [2.75, 3.05) is 0 Å². The second kappa shape index (κ2) is 6.77. The van der Waals surface area contributed by atoms with Gasteiger partial charge in [-0.2, -0.15) is 0 Å². The van der Waals surface area contributed by atoms with Gasteiger partial charge in [-0.3, -0.25) is 4.57 Å². The standard InChI is InChI=1S/C18H14ClF2N3S/c19-14-5-3-7-16(21)13(14)10-25-18-23-22-17(24(18)11-8-9-11)12-4-1-2-6-15(12)20/h1-7,11H,8-10H2. The minimum absolute atomic E-state index is 0.267. The highest BCUT2D eigenvalue weighted by Gasteiger charge is 2.31. The molecule has 0 amide bonds. The van der Waals surface area contributed by atoms with Gasteiger partial charge in [-0.1, -0.05) is 41.6 Å². The maximum atomic E-state index is 14.2. The van der Waals surface area contributed by atoms with E-state index in [0.717, 1.165) is 12.8 Å². The summed E-state index contributed by atoms with van der Waals surface area (Å²) in [5.74, 6) is 0.188. The number of benzene rings is 2. The number of hydrogen-bond donors (Lipinski definition) is 0. The van der Waals surface area contributed by atoms with E-state index in [1.165, 1.54) is 23.9 Å². The van der Waals surface area contributed by atoms with Crippen LogP contribution in [0.25, 0.3) is 11.4 Å². The summed E-state index contributed by atoms with van der Waals surface area (Å²) >= 11 is 7.45. The summed E-state index contributed by atoms with van der Waals surface area (Å²) in [4.78, 5) is 0. The van der Waals surface area contributed by atoms with Gasteiger partial charge in [-0.15, -0.1) is 10.2 Å². The molecule has 25 heavy (non-hydrogen) atoms. The van der Waals surface area contributed by atoms with Crippen LogP contribution in [0.2, 0.25) is 5.02 Å². The summed E-state index contributed by atoms with van der Waals surface area (Å²) < 4.78 is 30.1. The van der Waals surface area contributed by atoms with Crippen molar-refractivity contribution in [1.29, 1.82) is 0 Å². The first-order valence-electron chi connectivity index (χ1n) is 7.90. The molecular weight excluding hydrogens is 364 g/mol. The van der Waals surface area contributed by atoms with E-state index in [1.54, 1.807) is 30.3 Å². The zero-order chi connectivity index (χ0) is 17.4. The van der Waals surface area contributed by atoms with E-state index < -0.39 is 0 Å². The Hall–Kier alpha value is -1.92. The topological polar surface area (TPSA) is 30.7 Å². The van der Waals surface area contributed by atoms with Crippen molar-refractivity contribution in [3.05, 3.63) is 64.7 Å². The highest BCUT2D eigenvalue weighted by Crippen LogP contribution is 2.42. The molecule has 0 saturated heterocycles. The first-order valence-corrected chi connectivity index (χ1v) is 9.27. The largest absolute Gasteiger partial charge is 0.299 e. The molecule has 0 bridgehead atoms. The third-order valence-corrected chi connectivity index (χ3v) is 5.42. The van der Waals surface area contributed by atoms with Gasteiger partial charge in [0.25, 0.3) is 0 Å². The number of thioether (sulfide) groups is 1. The fourth-order valence-corrected chi connectivity index (χ4v) is 4.02. The molecular formula is C18H14ClF2N3S. The van der Waals surface area contributed by atoms with E-state index >= 15 is 0 Å². The first kappa shape index (κ1) is 16.5. The van der Waals surface area contributed by atoms with Crippen LogP contribution in [-0.2, 0) is 5.75 Å². The summed E-state index contributed by atoms with van der Waals surface area (Å²) in [5.41, 5.74) is 0.865. The quantitative estimate of drug-likeness (QED) is 0.550. The van der Waals surface area contributed by atoms with Crippen LogP contribution in [0.15, 0.2) is 47.6 Å². The Labute approximate surface area is 153 Å². The van der Waals surface area contributed by atoms with Crippen LogP contribution in [0.4, 0.5) is 8.78 Å². The molecule has 1 aliphatic rings. The van der Waals surface area contributed by atoms with E-state index in [9.17, 15) is 8.78 Å². The third kappa shape index (κ3) is 3.28. The van der Waals surface area contributed by atoms with Gasteiger partial charge in [-0.25, -0.2) is 8.78 Å². The lowest BCUT2D eigenvalue weighted by atomic mass is 10.2. The zero-order valence-corrected chi connectivity index (χ0v) is 14.7. The lowest BCUT2D eigenvalue weighted by molar-refractivity contribution is 0.616. The van der Waals surface area contributed by atoms with Gasteiger partial charge in [-0.05, 0) is 37.1 Å². The molecule has 0 aliphatic heterocycles. The Morgan fingerprint density at radius 2 is 1.80 bits per heavy atom. The van der Waals surface area contributed by atoms with Crippen LogP contribution >= 0.6 is 23.4 Å². The molecule has 0 radical (unpaired) electrons. The van der Waals surface area contributed by atoms with Gasteiger partial charge in [0.05, 0.1) is 5.56 Å². The predicted molar refractivity (Wildman–Crippen MR) is 94.7 cm³/mol. The fraction of sp³-hybridized carbons (Fsp3) is 0.222. The van der Waals surface area contributed by atoms with Crippen molar-refractivity contribution < 1.29 is 8.78 Å². The lowest BCUT2D eigenvalue weighted by Crippen LogP contribution is -2.01. The Kier molecular flexibility index (Phi) is 4.48. The SMILES string of the molecule is Fc1ccccc1-c1nnc(SCc2c(F)cccc2Cl)n1C1CC1. The smallest absolute Gasteiger partial charge is 0.192 e. The number of nitrogens with zero attached hydrogens (tertiary/aromatic N) is 3. The highest BCUT2D eigenvalue weighted by molar-refractivity contribution is 7.98. The molecule has 0 atom stereocenters. The first-order chi connectivity index (χ1) is 12.1. The molecule has 1 fully saturated rings. The van der Waals surface area contributed by atoms with Crippen molar-refractivity contribution in [1.82, 2.24) is 14.8 Å². The molecule has 7 heteroatoms. The second-order valence-electron chi connectivity index (χ2n) is 5.88. The van der Waals surface area contributed by atoms with Crippen LogP contribution < -0.4 is 0 Å². The molecule has 0 spiro atoms. The minimum Gasteiger partial charge on any atom is -0.299 e. The third-order valence-electron chi connectivity index (χ3n) is 4.10. The number of hydrogen-bond acceptors (Lipinski definition) is 3. The summed E-state index contributed by atoms with van der Waals surface area (Å²) in [6.07, 6.45) is 2.01. The molecule has 3 aromatic rings. The van der Waals surface area contributed by atoms with E-state index in [0.29, 0.717) is 32.9 Å². The lowest BCUT2D eigenvalue weighted by Gasteiger charge is -2.10. The van der Waals surface area contributed by atoms with Gasteiger partial charge in [0.15, 0.2) is 11.0 Å². The zero-order valence-electron chi connectivity index (χ0n) is 13.1. The fourth-order valence-electron chi connectivity index (χ4n) is 2.67. The molecule has 1 aromatic heterocycles. The molecule has 1 heterocycles. The summed E-state index contributed by atoms with van der Waals surface area (Å²) in [5, 5.41) is 9.45. The molecule has 1 saturated carbocycles. The number of rotatable bonds is 5. The molecule has 128 valence electrons. The Morgan fingerprint density at radius 3 is 2.52 bits per heavy atom. The molecule has 1 aliphatic carbocycles. The predicted octanol–water partition coefficient (Wildman–Crippen LogP) is 5.50. The van der Waals surface area contributed by atoms with Gasteiger partial charge in [0, 0.05) is 22.4 Å². The minimum atomic E-state index is -0.341. The van der Waals surface area contributed by atoms with E-state index in [2.05, 4.69) is 10.2 Å².